The maximum absolute atomic E-state index is 12.4. The quantitative estimate of drug-likeness (QED) is 0.632. The third-order valence-corrected chi connectivity index (χ3v) is 4.85. The molecule has 1 heterocycles. The van der Waals surface area contributed by atoms with E-state index in [2.05, 4.69) is 27.7 Å². The summed E-state index contributed by atoms with van der Waals surface area (Å²) < 4.78 is 5.25. The van der Waals surface area contributed by atoms with Gasteiger partial charge in [0.15, 0.2) is 0 Å². The number of nitrogens with zero attached hydrogens (tertiary/aromatic N) is 2. The topological polar surface area (TPSA) is 73.9 Å². The van der Waals surface area contributed by atoms with Gasteiger partial charge in [0.25, 0.3) is 0 Å². The number of benzene rings is 1. The molecule has 0 spiro atoms. The van der Waals surface area contributed by atoms with Gasteiger partial charge in [0.2, 0.25) is 11.8 Å². The van der Waals surface area contributed by atoms with Crippen LogP contribution in [0.5, 0.6) is 5.75 Å². The summed E-state index contributed by atoms with van der Waals surface area (Å²) in [5.41, 5.74) is 1.17. The summed E-state index contributed by atoms with van der Waals surface area (Å²) >= 11 is 0. The highest BCUT2D eigenvalue weighted by atomic mass is 16.5. The lowest BCUT2D eigenvalue weighted by Gasteiger charge is -2.28. The van der Waals surface area contributed by atoms with E-state index in [4.69, 9.17) is 4.74 Å². The van der Waals surface area contributed by atoms with Crippen molar-refractivity contribution in [3.8, 4) is 5.75 Å². The molecule has 0 aromatic heterocycles. The fourth-order valence-corrected chi connectivity index (χ4v) is 3.52. The van der Waals surface area contributed by atoms with E-state index in [9.17, 15) is 9.59 Å². The Morgan fingerprint density at radius 1 is 1.11 bits per heavy atom. The van der Waals surface area contributed by atoms with Crippen molar-refractivity contribution < 1.29 is 14.3 Å². The first-order chi connectivity index (χ1) is 13.4. The summed E-state index contributed by atoms with van der Waals surface area (Å²) in [4.78, 5) is 28.4. The van der Waals surface area contributed by atoms with Gasteiger partial charge in [-0.1, -0.05) is 12.1 Å². The molecule has 1 atom stereocenters. The Labute approximate surface area is 168 Å². The molecule has 1 fully saturated rings. The number of carbonyl (C=O) groups excluding carboxylic acids is 2. The van der Waals surface area contributed by atoms with E-state index < -0.39 is 0 Å². The molecule has 0 bridgehead atoms. The van der Waals surface area contributed by atoms with Crippen LogP contribution >= 0.6 is 0 Å². The lowest BCUT2D eigenvalue weighted by molar-refractivity contribution is -0.124. The van der Waals surface area contributed by atoms with Crippen molar-refractivity contribution in [2.45, 2.75) is 38.8 Å². The second-order valence-corrected chi connectivity index (χ2v) is 7.73. The second kappa shape index (κ2) is 11.0. The van der Waals surface area contributed by atoms with E-state index >= 15 is 0 Å². The zero-order valence-corrected chi connectivity index (χ0v) is 17.5. The van der Waals surface area contributed by atoms with Gasteiger partial charge in [0.1, 0.15) is 5.75 Å². The molecule has 1 aliphatic heterocycles. The SMILES string of the molecule is COc1ccc(C(CNC(=O)CN(C)CC(=O)NC(C)C)N2CCCC2)cc1. The molecule has 1 aromatic rings. The van der Waals surface area contributed by atoms with E-state index in [1.165, 1.54) is 18.4 Å². The van der Waals surface area contributed by atoms with Gasteiger partial charge in [-0.2, -0.15) is 0 Å². The molecule has 7 nitrogen and oxygen atoms in total. The Morgan fingerprint density at radius 3 is 2.29 bits per heavy atom. The summed E-state index contributed by atoms with van der Waals surface area (Å²) in [5, 5.41) is 5.88. The minimum Gasteiger partial charge on any atom is -0.497 e. The first-order valence-corrected chi connectivity index (χ1v) is 10.0. The van der Waals surface area contributed by atoms with Gasteiger partial charge in [-0.3, -0.25) is 19.4 Å². The molecule has 1 unspecified atom stereocenters. The molecule has 0 aliphatic carbocycles. The first-order valence-electron chi connectivity index (χ1n) is 10.0. The number of amides is 2. The largest absolute Gasteiger partial charge is 0.497 e. The van der Waals surface area contributed by atoms with Crippen LogP contribution in [0.3, 0.4) is 0 Å². The standard InChI is InChI=1S/C21H34N4O3/c1-16(2)23-21(27)15-24(3)14-20(26)22-13-19(25-11-5-6-12-25)17-7-9-18(28-4)10-8-17/h7-10,16,19H,5-6,11-15H2,1-4H3,(H,22,26)(H,23,27). The lowest BCUT2D eigenvalue weighted by Crippen LogP contribution is -2.44. The highest BCUT2D eigenvalue weighted by molar-refractivity contribution is 5.81. The average Bonchev–Trinajstić information content (AvgIpc) is 3.15. The molecule has 156 valence electrons. The summed E-state index contributed by atoms with van der Waals surface area (Å²) in [6.45, 7) is 6.88. The fourth-order valence-electron chi connectivity index (χ4n) is 3.52. The van der Waals surface area contributed by atoms with E-state index in [0.717, 1.165) is 18.8 Å². The van der Waals surface area contributed by atoms with Gasteiger partial charge in [-0.25, -0.2) is 0 Å². The van der Waals surface area contributed by atoms with E-state index in [-0.39, 0.29) is 37.0 Å². The monoisotopic (exact) mass is 390 g/mol. The van der Waals surface area contributed by atoms with Crippen molar-refractivity contribution in [3.05, 3.63) is 29.8 Å². The molecule has 1 saturated heterocycles. The Hall–Kier alpha value is -2.12. The van der Waals surface area contributed by atoms with Crippen LogP contribution in [0.25, 0.3) is 0 Å². The molecular formula is C21H34N4O3. The Morgan fingerprint density at radius 2 is 1.71 bits per heavy atom. The van der Waals surface area contributed by atoms with Crippen LogP contribution < -0.4 is 15.4 Å². The zero-order chi connectivity index (χ0) is 20.5. The molecule has 7 heteroatoms. The molecule has 2 N–H and O–H groups in total. The molecule has 28 heavy (non-hydrogen) atoms. The Balaban J connectivity index is 1.89. The van der Waals surface area contributed by atoms with E-state index in [1.807, 2.05) is 26.0 Å². The van der Waals surface area contributed by atoms with Crippen LogP contribution in [0.1, 0.15) is 38.3 Å². The smallest absolute Gasteiger partial charge is 0.234 e. The van der Waals surface area contributed by atoms with Crippen molar-refractivity contribution in [2.75, 3.05) is 46.9 Å². The number of ether oxygens (including phenoxy) is 1. The number of rotatable bonds is 10. The number of likely N-dealkylation sites (N-methyl/N-ethyl adjacent to an activating group) is 1. The molecule has 0 saturated carbocycles. The third-order valence-electron chi connectivity index (χ3n) is 4.85. The van der Waals surface area contributed by atoms with Gasteiger partial charge in [-0.05, 0) is 64.5 Å². The van der Waals surface area contributed by atoms with E-state index in [1.54, 1.807) is 19.1 Å². The molecule has 1 aliphatic rings. The van der Waals surface area contributed by atoms with Crippen molar-refractivity contribution in [2.24, 2.45) is 0 Å². The van der Waals surface area contributed by atoms with E-state index in [0.29, 0.717) is 6.54 Å². The summed E-state index contributed by atoms with van der Waals surface area (Å²) in [7, 11) is 3.44. The minimum atomic E-state index is -0.0717. The normalized spacial score (nSPS) is 15.6. The fraction of sp³-hybridized carbons (Fsp3) is 0.619. The maximum Gasteiger partial charge on any atom is 0.234 e. The number of methoxy groups -OCH3 is 1. The average molecular weight is 391 g/mol. The van der Waals surface area contributed by atoms with Crippen molar-refractivity contribution in [1.29, 1.82) is 0 Å². The zero-order valence-electron chi connectivity index (χ0n) is 17.5. The highest BCUT2D eigenvalue weighted by Crippen LogP contribution is 2.26. The van der Waals surface area contributed by atoms with Gasteiger partial charge in [0, 0.05) is 12.6 Å². The van der Waals surface area contributed by atoms with Crippen LogP contribution in [0, 0.1) is 0 Å². The third kappa shape index (κ3) is 7.13. The number of carbonyl (C=O) groups is 2. The Kier molecular flexibility index (Phi) is 8.73. The van der Waals surface area contributed by atoms with Crippen molar-refractivity contribution in [1.82, 2.24) is 20.4 Å². The van der Waals surface area contributed by atoms with Crippen LogP contribution in [-0.2, 0) is 9.59 Å². The first kappa shape index (κ1) is 22.2. The Bertz CT molecular complexity index is 627. The number of nitrogens with one attached hydrogen (secondary N) is 2. The number of hydrogen-bond donors (Lipinski definition) is 2. The summed E-state index contributed by atoms with van der Waals surface area (Å²) in [5.74, 6) is 0.685. The van der Waals surface area contributed by atoms with Crippen LogP contribution in [0.15, 0.2) is 24.3 Å². The van der Waals surface area contributed by atoms with Crippen LogP contribution in [-0.4, -0.2) is 74.5 Å². The predicted molar refractivity (Wildman–Crippen MR) is 110 cm³/mol. The highest BCUT2D eigenvalue weighted by Gasteiger charge is 2.24. The molecule has 2 amide bonds. The van der Waals surface area contributed by atoms with Gasteiger partial charge >= 0.3 is 0 Å². The minimum absolute atomic E-state index is 0.0709. The van der Waals surface area contributed by atoms with Gasteiger partial charge in [-0.15, -0.1) is 0 Å². The molecule has 0 radical (unpaired) electrons. The van der Waals surface area contributed by atoms with Crippen LogP contribution in [0.2, 0.25) is 0 Å². The lowest BCUT2D eigenvalue weighted by atomic mass is 10.1. The summed E-state index contributed by atoms with van der Waals surface area (Å²) in [6, 6.07) is 8.29. The molecular weight excluding hydrogens is 356 g/mol. The predicted octanol–water partition coefficient (Wildman–Crippen LogP) is 1.40. The summed E-state index contributed by atoms with van der Waals surface area (Å²) in [6.07, 6.45) is 2.38. The molecule has 1 aromatic carbocycles. The number of likely N-dealkylation sites (tertiary alicyclic amines) is 1. The van der Waals surface area contributed by atoms with Gasteiger partial charge in [0.05, 0.1) is 26.2 Å². The number of hydrogen-bond acceptors (Lipinski definition) is 5. The van der Waals surface area contributed by atoms with Crippen molar-refractivity contribution >= 4 is 11.8 Å². The van der Waals surface area contributed by atoms with Gasteiger partial charge < -0.3 is 15.4 Å². The molecule has 2 rings (SSSR count). The maximum atomic E-state index is 12.4. The van der Waals surface area contributed by atoms with Crippen LogP contribution in [0.4, 0.5) is 0 Å². The second-order valence-electron chi connectivity index (χ2n) is 7.73. The van der Waals surface area contributed by atoms with Crippen molar-refractivity contribution in [3.63, 3.8) is 0 Å².